The predicted octanol–water partition coefficient (Wildman–Crippen LogP) is -0.155. The lowest BCUT2D eigenvalue weighted by molar-refractivity contribution is -0.132. The molecule has 0 aliphatic carbocycles. The SMILES string of the molecule is CC1(C)C(=O)NC(=O)NC1C[C@H]1NC(=O)NC(=O)C1(C)C. The Morgan fingerprint density at radius 3 is 1.43 bits per heavy atom. The molecule has 0 aromatic rings. The molecular formula is C13H20N4O4. The smallest absolute Gasteiger partial charge is 0.321 e. The summed E-state index contributed by atoms with van der Waals surface area (Å²) in [4.78, 5) is 46.8. The van der Waals surface area contributed by atoms with Gasteiger partial charge in [-0.15, -0.1) is 0 Å². The first-order valence-electron chi connectivity index (χ1n) is 6.79. The topological polar surface area (TPSA) is 116 Å². The lowest BCUT2D eigenvalue weighted by atomic mass is 9.72. The molecule has 8 nitrogen and oxygen atoms in total. The minimum absolute atomic E-state index is 0.290. The third-order valence-electron chi connectivity index (χ3n) is 4.45. The van der Waals surface area contributed by atoms with Gasteiger partial charge in [-0.3, -0.25) is 20.2 Å². The van der Waals surface area contributed by atoms with Crippen molar-refractivity contribution in [2.75, 3.05) is 0 Å². The van der Waals surface area contributed by atoms with Crippen molar-refractivity contribution in [3.8, 4) is 0 Å². The van der Waals surface area contributed by atoms with E-state index in [1.54, 1.807) is 27.7 Å². The van der Waals surface area contributed by atoms with Crippen molar-refractivity contribution in [3.63, 3.8) is 0 Å². The molecule has 0 aromatic carbocycles. The van der Waals surface area contributed by atoms with E-state index in [0.29, 0.717) is 6.42 Å². The molecule has 6 amide bonds. The van der Waals surface area contributed by atoms with E-state index in [4.69, 9.17) is 0 Å². The van der Waals surface area contributed by atoms with Crippen LogP contribution in [-0.2, 0) is 9.59 Å². The van der Waals surface area contributed by atoms with E-state index in [0.717, 1.165) is 0 Å². The first-order chi connectivity index (χ1) is 9.55. The zero-order chi connectivity index (χ0) is 16.0. The quantitative estimate of drug-likeness (QED) is 0.566. The molecule has 2 saturated heterocycles. The normalized spacial score (nSPS) is 30.9. The standard InChI is InChI=1S/C13H20N4O4/c1-12(2)6(14-10(20)16-8(12)18)5-7-13(3,4)9(19)17-11(21)15-7/h6-7H,5H2,1-4H3,(H2,14,16,18,20)(H2,15,17,19,21)/t6-,7?/m1/s1. The Kier molecular flexibility index (Phi) is 3.43. The average molecular weight is 296 g/mol. The summed E-state index contributed by atoms with van der Waals surface area (Å²) in [6.45, 7) is 6.85. The van der Waals surface area contributed by atoms with E-state index in [-0.39, 0.29) is 11.8 Å². The van der Waals surface area contributed by atoms with Gasteiger partial charge in [-0.1, -0.05) is 0 Å². The summed E-state index contributed by atoms with van der Waals surface area (Å²) in [5.41, 5.74) is -1.66. The van der Waals surface area contributed by atoms with Gasteiger partial charge >= 0.3 is 12.1 Å². The summed E-state index contributed by atoms with van der Waals surface area (Å²) in [6, 6.07) is -2.08. The van der Waals surface area contributed by atoms with Gasteiger partial charge in [0, 0.05) is 12.1 Å². The molecule has 21 heavy (non-hydrogen) atoms. The van der Waals surface area contributed by atoms with Gasteiger partial charge in [0.2, 0.25) is 11.8 Å². The maximum absolute atomic E-state index is 11.9. The molecule has 2 aliphatic rings. The average Bonchev–Trinajstić information content (AvgIpc) is 2.33. The van der Waals surface area contributed by atoms with E-state index in [1.165, 1.54) is 0 Å². The number of hydrogen-bond acceptors (Lipinski definition) is 4. The van der Waals surface area contributed by atoms with Gasteiger partial charge in [0.25, 0.3) is 0 Å². The largest absolute Gasteiger partial charge is 0.334 e. The molecule has 2 heterocycles. The van der Waals surface area contributed by atoms with Crippen LogP contribution in [0.2, 0.25) is 0 Å². The zero-order valence-electron chi connectivity index (χ0n) is 12.5. The highest BCUT2D eigenvalue weighted by molar-refractivity contribution is 6.01. The molecular weight excluding hydrogens is 276 g/mol. The second-order valence-electron chi connectivity index (χ2n) is 6.64. The summed E-state index contributed by atoms with van der Waals surface area (Å²) in [6.07, 6.45) is 0.290. The summed E-state index contributed by atoms with van der Waals surface area (Å²) in [5.74, 6) is -0.749. The van der Waals surface area contributed by atoms with Gasteiger partial charge in [0.05, 0.1) is 10.8 Å². The van der Waals surface area contributed by atoms with Crippen LogP contribution in [0.3, 0.4) is 0 Å². The number of nitrogens with one attached hydrogen (secondary N) is 4. The van der Waals surface area contributed by atoms with Crippen LogP contribution in [0.1, 0.15) is 34.1 Å². The third-order valence-corrected chi connectivity index (χ3v) is 4.45. The monoisotopic (exact) mass is 296 g/mol. The van der Waals surface area contributed by atoms with Crippen molar-refractivity contribution in [2.45, 2.75) is 46.2 Å². The van der Waals surface area contributed by atoms with Gasteiger partial charge in [-0.05, 0) is 34.1 Å². The number of imide groups is 2. The molecule has 0 aromatic heterocycles. The fourth-order valence-corrected chi connectivity index (χ4v) is 2.54. The number of hydrogen-bond donors (Lipinski definition) is 4. The highest BCUT2D eigenvalue weighted by Crippen LogP contribution is 2.33. The number of rotatable bonds is 2. The van der Waals surface area contributed by atoms with Gasteiger partial charge in [-0.25, -0.2) is 9.59 Å². The van der Waals surface area contributed by atoms with Crippen molar-refractivity contribution >= 4 is 23.9 Å². The van der Waals surface area contributed by atoms with Crippen LogP contribution in [0.15, 0.2) is 0 Å². The van der Waals surface area contributed by atoms with Crippen LogP contribution in [0.4, 0.5) is 9.59 Å². The van der Waals surface area contributed by atoms with Crippen molar-refractivity contribution in [2.24, 2.45) is 10.8 Å². The Bertz CT molecular complexity index is 480. The fourth-order valence-electron chi connectivity index (χ4n) is 2.54. The van der Waals surface area contributed by atoms with Crippen LogP contribution in [-0.4, -0.2) is 36.0 Å². The molecule has 2 fully saturated rings. The molecule has 1 unspecified atom stereocenters. The maximum Gasteiger partial charge on any atom is 0.321 e. The Labute approximate surface area is 122 Å². The summed E-state index contributed by atoms with van der Waals surface area (Å²) in [7, 11) is 0. The number of urea groups is 2. The van der Waals surface area contributed by atoms with Crippen molar-refractivity contribution < 1.29 is 19.2 Å². The Balaban J connectivity index is 2.22. The highest BCUT2D eigenvalue weighted by Gasteiger charge is 2.49. The lowest BCUT2D eigenvalue weighted by Gasteiger charge is -2.44. The summed E-state index contributed by atoms with van der Waals surface area (Å²) < 4.78 is 0. The lowest BCUT2D eigenvalue weighted by Crippen LogP contribution is -2.67. The molecule has 0 radical (unpaired) electrons. The van der Waals surface area contributed by atoms with Crippen LogP contribution < -0.4 is 21.3 Å². The van der Waals surface area contributed by atoms with Gasteiger partial charge in [0.1, 0.15) is 0 Å². The minimum Gasteiger partial charge on any atom is -0.334 e. The molecule has 2 atom stereocenters. The van der Waals surface area contributed by atoms with Crippen LogP contribution in [0.5, 0.6) is 0 Å². The Morgan fingerprint density at radius 1 is 0.762 bits per heavy atom. The zero-order valence-corrected chi connectivity index (χ0v) is 12.5. The van der Waals surface area contributed by atoms with E-state index in [1.807, 2.05) is 0 Å². The maximum atomic E-state index is 11.9. The molecule has 0 spiro atoms. The molecule has 0 saturated carbocycles. The van der Waals surface area contributed by atoms with E-state index in [2.05, 4.69) is 21.3 Å². The number of amides is 6. The predicted molar refractivity (Wildman–Crippen MR) is 73.1 cm³/mol. The summed E-state index contributed by atoms with van der Waals surface area (Å²) in [5, 5.41) is 9.83. The van der Waals surface area contributed by atoms with E-state index >= 15 is 0 Å². The van der Waals surface area contributed by atoms with Gasteiger partial charge < -0.3 is 10.6 Å². The first-order valence-corrected chi connectivity index (χ1v) is 6.79. The molecule has 8 heteroatoms. The van der Waals surface area contributed by atoms with E-state index < -0.39 is 35.0 Å². The van der Waals surface area contributed by atoms with E-state index in [9.17, 15) is 19.2 Å². The Morgan fingerprint density at radius 2 is 1.10 bits per heavy atom. The van der Waals surface area contributed by atoms with Crippen LogP contribution in [0.25, 0.3) is 0 Å². The van der Waals surface area contributed by atoms with Crippen LogP contribution in [0, 0.1) is 10.8 Å². The van der Waals surface area contributed by atoms with Gasteiger partial charge in [0.15, 0.2) is 0 Å². The summed E-state index contributed by atoms with van der Waals surface area (Å²) >= 11 is 0. The molecule has 2 aliphatic heterocycles. The minimum atomic E-state index is -0.831. The molecule has 0 bridgehead atoms. The van der Waals surface area contributed by atoms with Crippen molar-refractivity contribution in [3.05, 3.63) is 0 Å². The second-order valence-corrected chi connectivity index (χ2v) is 6.64. The molecule has 116 valence electrons. The van der Waals surface area contributed by atoms with Crippen LogP contribution >= 0.6 is 0 Å². The Hall–Kier alpha value is -2.12. The highest BCUT2D eigenvalue weighted by atomic mass is 16.2. The molecule has 4 N–H and O–H groups in total. The number of carbonyl (C=O) groups is 4. The van der Waals surface area contributed by atoms with Crippen molar-refractivity contribution in [1.29, 1.82) is 0 Å². The number of carbonyl (C=O) groups excluding carboxylic acids is 4. The fraction of sp³-hybridized carbons (Fsp3) is 0.692. The van der Waals surface area contributed by atoms with Gasteiger partial charge in [-0.2, -0.15) is 0 Å². The third kappa shape index (κ3) is 2.57. The first kappa shape index (κ1) is 15.3. The molecule has 2 rings (SSSR count). The van der Waals surface area contributed by atoms with Crippen molar-refractivity contribution in [1.82, 2.24) is 21.3 Å². The second kappa shape index (κ2) is 4.71.